The quantitative estimate of drug-likeness (QED) is 0.801. The molecule has 2 N–H and O–H groups in total. The van der Waals surface area contributed by atoms with E-state index >= 15 is 0 Å². The molecule has 0 aliphatic carbocycles. The molecule has 0 fully saturated rings. The average Bonchev–Trinajstić information content (AvgIpc) is 2.52. The molecule has 0 heterocycles. The summed E-state index contributed by atoms with van der Waals surface area (Å²) in [6, 6.07) is 18.3. The van der Waals surface area contributed by atoms with Gasteiger partial charge in [0.15, 0.2) is 0 Å². The van der Waals surface area contributed by atoms with Gasteiger partial charge in [0.2, 0.25) is 0 Å². The molecule has 0 amide bonds. The van der Waals surface area contributed by atoms with Crippen molar-refractivity contribution >= 4 is 23.6 Å². The average molecular weight is 296 g/mol. The Bertz CT molecular complexity index is 675. The predicted molar refractivity (Wildman–Crippen MR) is 84.1 cm³/mol. The lowest BCUT2D eigenvalue weighted by atomic mass is 9.88. The summed E-state index contributed by atoms with van der Waals surface area (Å²) in [5, 5.41) is 18.4. The molecule has 0 aliphatic rings. The van der Waals surface area contributed by atoms with Gasteiger partial charge in [-0.05, 0) is 16.7 Å². The van der Waals surface area contributed by atoms with Crippen molar-refractivity contribution in [2.75, 3.05) is 0 Å². The summed E-state index contributed by atoms with van der Waals surface area (Å²) < 4.78 is 0. The van der Waals surface area contributed by atoms with Crippen molar-refractivity contribution in [3.63, 3.8) is 0 Å². The second kappa shape index (κ2) is 7.22. The Hall–Kier alpha value is -2.88. The third-order valence-corrected chi connectivity index (χ3v) is 3.28. The van der Waals surface area contributed by atoms with Crippen LogP contribution in [0, 0.1) is 5.92 Å². The largest absolute Gasteiger partial charge is 0.481 e. The van der Waals surface area contributed by atoms with Gasteiger partial charge in [0, 0.05) is 0 Å². The third kappa shape index (κ3) is 4.06. The molecule has 0 aliphatic heterocycles. The minimum Gasteiger partial charge on any atom is -0.481 e. The summed E-state index contributed by atoms with van der Waals surface area (Å²) in [7, 11) is 0. The van der Waals surface area contributed by atoms with Crippen LogP contribution in [-0.2, 0) is 9.59 Å². The highest BCUT2D eigenvalue weighted by molar-refractivity contribution is 5.96. The highest BCUT2D eigenvalue weighted by Crippen LogP contribution is 2.29. The Labute approximate surface area is 128 Å². The minimum absolute atomic E-state index is 0.455. The SMILES string of the molecule is O=C(O)CC(C(=O)O)/C(=C\c1ccccc1)c1ccccc1. The van der Waals surface area contributed by atoms with E-state index in [1.165, 1.54) is 0 Å². The van der Waals surface area contributed by atoms with Crippen LogP contribution in [0.1, 0.15) is 17.5 Å². The van der Waals surface area contributed by atoms with Crippen molar-refractivity contribution in [2.24, 2.45) is 5.92 Å². The van der Waals surface area contributed by atoms with Gasteiger partial charge in [0.1, 0.15) is 0 Å². The van der Waals surface area contributed by atoms with Gasteiger partial charge in [-0.1, -0.05) is 66.7 Å². The van der Waals surface area contributed by atoms with Crippen molar-refractivity contribution in [1.29, 1.82) is 0 Å². The lowest BCUT2D eigenvalue weighted by Crippen LogP contribution is -2.19. The van der Waals surface area contributed by atoms with Crippen molar-refractivity contribution in [3.05, 3.63) is 71.8 Å². The van der Waals surface area contributed by atoms with Crippen LogP contribution in [0.4, 0.5) is 0 Å². The zero-order valence-electron chi connectivity index (χ0n) is 11.8. The van der Waals surface area contributed by atoms with Gasteiger partial charge in [0.05, 0.1) is 12.3 Å². The van der Waals surface area contributed by atoms with Crippen LogP contribution in [-0.4, -0.2) is 22.2 Å². The predicted octanol–water partition coefficient (Wildman–Crippen LogP) is 3.40. The summed E-state index contributed by atoms with van der Waals surface area (Å²) in [4.78, 5) is 22.5. The summed E-state index contributed by atoms with van der Waals surface area (Å²) >= 11 is 0. The maximum Gasteiger partial charge on any atom is 0.311 e. The van der Waals surface area contributed by atoms with Crippen molar-refractivity contribution in [1.82, 2.24) is 0 Å². The molecule has 0 saturated heterocycles. The molecule has 4 nitrogen and oxygen atoms in total. The molecule has 0 saturated carbocycles. The molecule has 0 bridgehead atoms. The van der Waals surface area contributed by atoms with Gasteiger partial charge in [-0.15, -0.1) is 0 Å². The number of hydrogen-bond acceptors (Lipinski definition) is 2. The van der Waals surface area contributed by atoms with Crippen LogP contribution in [0.25, 0.3) is 11.6 Å². The van der Waals surface area contributed by atoms with Gasteiger partial charge in [0.25, 0.3) is 0 Å². The van der Waals surface area contributed by atoms with Gasteiger partial charge in [-0.3, -0.25) is 9.59 Å². The van der Waals surface area contributed by atoms with Crippen LogP contribution in [0.3, 0.4) is 0 Å². The van der Waals surface area contributed by atoms with Gasteiger partial charge in [-0.25, -0.2) is 0 Å². The Kier molecular flexibility index (Phi) is 5.09. The molecular weight excluding hydrogens is 280 g/mol. The van der Waals surface area contributed by atoms with E-state index in [1.54, 1.807) is 30.3 Å². The van der Waals surface area contributed by atoms with E-state index in [4.69, 9.17) is 5.11 Å². The second-order valence-corrected chi connectivity index (χ2v) is 4.87. The monoisotopic (exact) mass is 296 g/mol. The first-order valence-corrected chi connectivity index (χ1v) is 6.84. The molecule has 2 aromatic rings. The normalized spacial score (nSPS) is 12.6. The third-order valence-electron chi connectivity index (χ3n) is 3.28. The number of benzene rings is 2. The number of carboxylic acids is 2. The Morgan fingerprint density at radius 3 is 1.95 bits per heavy atom. The topological polar surface area (TPSA) is 74.6 Å². The highest BCUT2D eigenvalue weighted by Gasteiger charge is 2.26. The van der Waals surface area contributed by atoms with Crippen molar-refractivity contribution < 1.29 is 19.8 Å². The molecule has 1 atom stereocenters. The minimum atomic E-state index is -1.14. The number of carboxylic acid groups (broad SMARTS) is 2. The van der Waals surface area contributed by atoms with Crippen molar-refractivity contribution in [2.45, 2.75) is 6.42 Å². The standard InChI is InChI=1S/C18H16O4/c19-17(20)12-16(18(21)22)15(14-9-5-2-6-10-14)11-13-7-3-1-4-8-13/h1-11,16H,12H2,(H,19,20)(H,21,22)/b15-11-. The summed E-state index contributed by atoms with van der Waals surface area (Å²) in [6.45, 7) is 0. The molecule has 1 unspecified atom stereocenters. The van der Waals surface area contributed by atoms with E-state index in [0.717, 1.165) is 5.56 Å². The number of hydrogen-bond donors (Lipinski definition) is 2. The summed E-state index contributed by atoms with van der Waals surface area (Å²) in [6.07, 6.45) is 1.28. The first-order chi connectivity index (χ1) is 10.6. The zero-order valence-corrected chi connectivity index (χ0v) is 11.8. The Balaban J connectivity index is 2.52. The maximum absolute atomic E-state index is 11.5. The maximum atomic E-state index is 11.5. The molecule has 2 rings (SSSR count). The first-order valence-electron chi connectivity index (χ1n) is 6.84. The van der Waals surface area contributed by atoms with Crippen LogP contribution in [0.2, 0.25) is 0 Å². The lowest BCUT2D eigenvalue weighted by Gasteiger charge is -2.15. The highest BCUT2D eigenvalue weighted by atomic mass is 16.4. The van der Waals surface area contributed by atoms with E-state index in [1.807, 2.05) is 36.4 Å². The Morgan fingerprint density at radius 2 is 1.45 bits per heavy atom. The van der Waals surface area contributed by atoms with Gasteiger partial charge >= 0.3 is 11.9 Å². The number of rotatable bonds is 6. The van der Waals surface area contributed by atoms with Crippen LogP contribution in [0.5, 0.6) is 0 Å². The van der Waals surface area contributed by atoms with Crippen molar-refractivity contribution in [3.8, 4) is 0 Å². The summed E-state index contributed by atoms with van der Waals surface area (Å²) in [5.74, 6) is -3.38. The van der Waals surface area contributed by atoms with E-state index < -0.39 is 24.3 Å². The molecular formula is C18H16O4. The number of carbonyl (C=O) groups is 2. The summed E-state index contributed by atoms with van der Waals surface area (Å²) in [5.41, 5.74) is 2.03. The fourth-order valence-corrected chi connectivity index (χ4v) is 2.25. The van der Waals surface area contributed by atoms with E-state index in [2.05, 4.69) is 0 Å². The van der Waals surface area contributed by atoms with Crippen LogP contribution in [0.15, 0.2) is 60.7 Å². The first kappa shape index (κ1) is 15.5. The number of aliphatic carboxylic acids is 2. The molecule has 0 aromatic heterocycles. The molecule has 0 spiro atoms. The Morgan fingerprint density at radius 1 is 0.909 bits per heavy atom. The van der Waals surface area contributed by atoms with Gasteiger partial charge in [-0.2, -0.15) is 0 Å². The van der Waals surface area contributed by atoms with Crippen LogP contribution >= 0.6 is 0 Å². The molecule has 4 heteroatoms. The van der Waals surface area contributed by atoms with Gasteiger partial charge < -0.3 is 10.2 Å². The molecule has 112 valence electrons. The lowest BCUT2D eigenvalue weighted by molar-refractivity contribution is -0.146. The molecule has 0 radical (unpaired) electrons. The zero-order chi connectivity index (χ0) is 15.9. The fourth-order valence-electron chi connectivity index (χ4n) is 2.25. The molecule has 2 aromatic carbocycles. The molecule has 22 heavy (non-hydrogen) atoms. The van der Waals surface area contributed by atoms with E-state index in [-0.39, 0.29) is 0 Å². The van der Waals surface area contributed by atoms with E-state index in [0.29, 0.717) is 11.1 Å². The smallest absolute Gasteiger partial charge is 0.311 e. The van der Waals surface area contributed by atoms with E-state index in [9.17, 15) is 14.7 Å². The fraction of sp³-hybridized carbons (Fsp3) is 0.111. The van der Waals surface area contributed by atoms with Crippen LogP contribution < -0.4 is 0 Å². The second-order valence-electron chi connectivity index (χ2n) is 4.87.